The van der Waals surface area contributed by atoms with E-state index < -0.39 is 0 Å². The van der Waals surface area contributed by atoms with Crippen molar-refractivity contribution in [2.75, 3.05) is 6.54 Å². The van der Waals surface area contributed by atoms with Crippen LogP contribution in [-0.2, 0) is 20.5 Å². The van der Waals surface area contributed by atoms with Gasteiger partial charge < -0.3 is 15.4 Å². The van der Waals surface area contributed by atoms with Crippen molar-refractivity contribution in [3.8, 4) is 5.88 Å². The van der Waals surface area contributed by atoms with Crippen LogP contribution in [0.25, 0.3) is 10.9 Å². The molecule has 2 aromatic heterocycles. The van der Waals surface area contributed by atoms with Gasteiger partial charge in [-0.15, -0.1) is 0 Å². The maximum absolute atomic E-state index is 12.8. The molecule has 3 heterocycles. The van der Waals surface area contributed by atoms with Crippen LogP contribution in [0.1, 0.15) is 22.9 Å². The largest absolute Gasteiger partial charge is 0.494 e. The SMILES string of the molecule is Cn1c(O)c(C2NCCc3c2[nH]c2ccccc32)c(=O)n(C)c1=S. The van der Waals surface area contributed by atoms with Crippen molar-refractivity contribution < 1.29 is 5.11 Å². The van der Waals surface area contributed by atoms with Crippen LogP contribution in [0.5, 0.6) is 5.88 Å². The van der Waals surface area contributed by atoms with Crippen molar-refractivity contribution in [1.82, 2.24) is 19.4 Å². The topological polar surface area (TPSA) is 75.0 Å². The van der Waals surface area contributed by atoms with Crippen molar-refractivity contribution >= 4 is 23.1 Å². The number of hydrogen-bond donors (Lipinski definition) is 3. The van der Waals surface area contributed by atoms with E-state index in [1.807, 2.05) is 18.2 Å². The second-order valence-corrected chi connectivity index (χ2v) is 6.51. The number of aromatic hydroxyl groups is 1. The van der Waals surface area contributed by atoms with Crippen molar-refractivity contribution in [3.63, 3.8) is 0 Å². The summed E-state index contributed by atoms with van der Waals surface area (Å²) in [5, 5.41) is 15.1. The average Bonchev–Trinajstić information content (AvgIpc) is 2.98. The fourth-order valence-electron chi connectivity index (χ4n) is 3.54. The summed E-state index contributed by atoms with van der Waals surface area (Å²) in [4.78, 5) is 16.2. The van der Waals surface area contributed by atoms with E-state index in [0.717, 1.165) is 24.2 Å². The van der Waals surface area contributed by atoms with E-state index in [0.29, 0.717) is 5.56 Å². The quantitative estimate of drug-likeness (QED) is 0.590. The van der Waals surface area contributed by atoms with Gasteiger partial charge in [-0.05, 0) is 30.3 Å². The molecule has 0 amide bonds. The number of H-pyrrole nitrogens is 1. The molecule has 7 heteroatoms. The minimum absolute atomic E-state index is 0.0906. The standard InChI is InChI=1S/C17H18N4O2S/c1-20-15(22)12(16(23)21(2)17(20)24)14-13-10(7-8-18-14)9-5-3-4-6-11(9)19-13/h3-6,14,18-19,22H,7-8H2,1-2H3. The van der Waals surface area contributed by atoms with Gasteiger partial charge in [-0.1, -0.05) is 18.2 Å². The molecule has 0 aliphatic carbocycles. The third-order valence-corrected chi connectivity index (χ3v) is 5.36. The molecule has 3 N–H and O–H groups in total. The Balaban J connectivity index is 2.02. The number of para-hydroxylation sites is 1. The van der Waals surface area contributed by atoms with E-state index >= 15 is 0 Å². The third kappa shape index (κ3) is 1.98. The van der Waals surface area contributed by atoms with Crippen molar-refractivity contribution in [2.45, 2.75) is 12.5 Å². The van der Waals surface area contributed by atoms with Gasteiger partial charge in [-0.2, -0.15) is 0 Å². The number of hydrogen-bond acceptors (Lipinski definition) is 4. The monoisotopic (exact) mass is 342 g/mol. The second-order valence-electron chi connectivity index (χ2n) is 6.14. The zero-order valence-electron chi connectivity index (χ0n) is 13.5. The molecule has 0 fully saturated rings. The Morgan fingerprint density at radius 2 is 2.00 bits per heavy atom. The van der Waals surface area contributed by atoms with E-state index in [1.54, 1.807) is 14.1 Å². The Labute approximate surface area is 143 Å². The van der Waals surface area contributed by atoms with Crippen molar-refractivity contribution in [3.05, 3.63) is 56.2 Å². The number of fused-ring (bicyclic) bond motifs is 3. The van der Waals surface area contributed by atoms with Gasteiger partial charge in [0.1, 0.15) is 5.56 Å². The Morgan fingerprint density at radius 1 is 1.25 bits per heavy atom. The lowest BCUT2D eigenvalue weighted by Gasteiger charge is -2.25. The summed E-state index contributed by atoms with van der Waals surface area (Å²) in [6, 6.07) is 7.71. The van der Waals surface area contributed by atoms with Crippen molar-refractivity contribution in [1.29, 1.82) is 0 Å². The fraction of sp³-hybridized carbons (Fsp3) is 0.294. The van der Waals surface area contributed by atoms with Crippen LogP contribution in [0.15, 0.2) is 29.1 Å². The number of benzene rings is 1. The highest BCUT2D eigenvalue weighted by molar-refractivity contribution is 7.71. The lowest BCUT2D eigenvalue weighted by Crippen LogP contribution is -2.37. The van der Waals surface area contributed by atoms with E-state index in [4.69, 9.17) is 12.2 Å². The fourth-order valence-corrected chi connectivity index (χ4v) is 3.71. The Kier molecular flexibility index (Phi) is 3.36. The lowest BCUT2D eigenvalue weighted by atomic mass is 9.95. The molecular weight excluding hydrogens is 324 g/mol. The Morgan fingerprint density at radius 3 is 2.79 bits per heavy atom. The molecule has 124 valence electrons. The highest BCUT2D eigenvalue weighted by atomic mass is 32.1. The van der Waals surface area contributed by atoms with Gasteiger partial charge in [0, 0.05) is 37.2 Å². The smallest absolute Gasteiger partial charge is 0.263 e. The van der Waals surface area contributed by atoms with Crippen LogP contribution in [0.4, 0.5) is 0 Å². The first-order chi connectivity index (χ1) is 11.5. The number of rotatable bonds is 1. The molecule has 24 heavy (non-hydrogen) atoms. The molecule has 0 saturated carbocycles. The van der Waals surface area contributed by atoms with Gasteiger partial charge in [0.25, 0.3) is 5.56 Å². The molecule has 1 aliphatic rings. The average molecular weight is 342 g/mol. The predicted molar refractivity (Wildman–Crippen MR) is 95.0 cm³/mol. The minimum atomic E-state index is -0.387. The number of aromatic nitrogens is 3. The molecule has 0 spiro atoms. The molecule has 0 saturated heterocycles. The van der Waals surface area contributed by atoms with Crippen LogP contribution < -0.4 is 10.9 Å². The molecule has 6 nitrogen and oxygen atoms in total. The molecule has 1 unspecified atom stereocenters. The van der Waals surface area contributed by atoms with Gasteiger partial charge >= 0.3 is 0 Å². The highest BCUT2D eigenvalue weighted by Crippen LogP contribution is 2.34. The molecule has 4 rings (SSSR count). The van der Waals surface area contributed by atoms with Crippen LogP contribution in [0.2, 0.25) is 0 Å². The molecular formula is C17H18N4O2S. The first-order valence-corrected chi connectivity index (χ1v) is 8.23. The van der Waals surface area contributed by atoms with Crippen LogP contribution in [-0.4, -0.2) is 25.8 Å². The van der Waals surface area contributed by atoms with Gasteiger partial charge in [0.15, 0.2) is 4.77 Å². The van der Waals surface area contributed by atoms with Crippen LogP contribution in [0, 0.1) is 4.77 Å². The zero-order chi connectivity index (χ0) is 17.0. The summed E-state index contributed by atoms with van der Waals surface area (Å²) >= 11 is 5.20. The molecule has 1 aliphatic heterocycles. The number of nitrogens with zero attached hydrogens (tertiary/aromatic N) is 2. The highest BCUT2D eigenvalue weighted by Gasteiger charge is 2.30. The maximum Gasteiger partial charge on any atom is 0.263 e. The summed E-state index contributed by atoms with van der Waals surface area (Å²) in [6.45, 7) is 0.738. The van der Waals surface area contributed by atoms with Gasteiger partial charge in [0.05, 0.1) is 6.04 Å². The molecule has 0 radical (unpaired) electrons. The summed E-state index contributed by atoms with van der Waals surface area (Å²) in [7, 11) is 3.29. The van der Waals surface area contributed by atoms with E-state index in [-0.39, 0.29) is 22.3 Å². The number of nitrogens with one attached hydrogen (secondary N) is 2. The van der Waals surface area contributed by atoms with Gasteiger partial charge in [0.2, 0.25) is 5.88 Å². The van der Waals surface area contributed by atoms with E-state index in [9.17, 15) is 9.90 Å². The van der Waals surface area contributed by atoms with Gasteiger partial charge in [-0.25, -0.2) is 0 Å². The van der Waals surface area contributed by atoms with Crippen molar-refractivity contribution in [2.24, 2.45) is 14.1 Å². The summed E-state index contributed by atoms with van der Waals surface area (Å²) in [5.74, 6) is -0.0906. The number of aromatic amines is 1. The predicted octanol–water partition coefficient (Wildman–Crippen LogP) is 1.88. The summed E-state index contributed by atoms with van der Waals surface area (Å²) in [6.07, 6.45) is 0.877. The second kappa shape index (κ2) is 5.32. The Bertz CT molecular complexity index is 1080. The van der Waals surface area contributed by atoms with Crippen LogP contribution >= 0.6 is 12.2 Å². The summed E-state index contributed by atoms with van der Waals surface area (Å²) < 4.78 is 3.14. The first kappa shape index (κ1) is 15.2. The normalized spacial score (nSPS) is 17.2. The minimum Gasteiger partial charge on any atom is -0.494 e. The molecule has 0 bridgehead atoms. The van der Waals surface area contributed by atoms with E-state index in [2.05, 4.69) is 16.4 Å². The first-order valence-electron chi connectivity index (χ1n) is 7.82. The summed E-state index contributed by atoms with van der Waals surface area (Å²) in [5.41, 5.74) is 3.21. The zero-order valence-corrected chi connectivity index (χ0v) is 14.3. The maximum atomic E-state index is 12.8. The van der Waals surface area contributed by atoms with Crippen LogP contribution in [0.3, 0.4) is 0 Å². The molecule has 1 aromatic carbocycles. The Hall–Kier alpha value is -2.38. The van der Waals surface area contributed by atoms with E-state index in [1.165, 1.54) is 20.1 Å². The lowest BCUT2D eigenvalue weighted by molar-refractivity contribution is 0.394. The molecule has 1 atom stereocenters. The third-order valence-electron chi connectivity index (χ3n) is 4.81. The van der Waals surface area contributed by atoms with Gasteiger partial charge in [-0.3, -0.25) is 13.9 Å². The molecule has 3 aromatic rings.